The monoisotopic (exact) mass is 190 g/mol. The van der Waals surface area contributed by atoms with E-state index in [2.05, 4.69) is 6.58 Å². The van der Waals surface area contributed by atoms with Crippen LogP contribution in [-0.2, 0) is 11.2 Å². The lowest BCUT2D eigenvalue weighted by atomic mass is 10.00. The molecule has 0 radical (unpaired) electrons. The van der Waals surface area contributed by atoms with Crippen LogP contribution in [0.15, 0.2) is 36.4 Å². The summed E-state index contributed by atoms with van der Waals surface area (Å²) in [6.07, 6.45) is 0.702. The van der Waals surface area contributed by atoms with Crippen molar-refractivity contribution in [2.24, 2.45) is 0 Å². The Bertz CT molecular complexity index is 353. The van der Waals surface area contributed by atoms with E-state index < -0.39 is 5.97 Å². The van der Waals surface area contributed by atoms with Crippen LogP contribution in [0.5, 0.6) is 0 Å². The van der Waals surface area contributed by atoms with Gasteiger partial charge in [-0.3, -0.25) is 4.79 Å². The molecule has 1 aromatic carbocycles. The van der Waals surface area contributed by atoms with Crippen LogP contribution in [0.3, 0.4) is 0 Å². The number of carbonyl (C=O) groups is 1. The third kappa shape index (κ3) is 3.05. The topological polar surface area (TPSA) is 37.3 Å². The number of hydrogen-bond acceptors (Lipinski definition) is 1. The third-order valence-electron chi connectivity index (χ3n) is 2.10. The number of hydrogen-bond donors (Lipinski definition) is 1. The van der Waals surface area contributed by atoms with Crippen LogP contribution < -0.4 is 0 Å². The van der Waals surface area contributed by atoms with Crippen molar-refractivity contribution in [2.75, 3.05) is 0 Å². The van der Waals surface area contributed by atoms with E-state index in [1.54, 1.807) is 0 Å². The Balaban J connectivity index is 2.65. The highest BCUT2D eigenvalue weighted by molar-refractivity contribution is 5.70. The molecule has 0 fully saturated rings. The lowest BCUT2D eigenvalue weighted by Crippen LogP contribution is -2.00. The first-order chi connectivity index (χ1) is 6.59. The Morgan fingerprint density at radius 1 is 1.43 bits per heavy atom. The smallest absolute Gasteiger partial charge is 0.307 e. The summed E-state index contributed by atoms with van der Waals surface area (Å²) in [5.74, 6) is -0.816. The zero-order valence-corrected chi connectivity index (χ0v) is 8.29. The van der Waals surface area contributed by atoms with E-state index >= 15 is 0 Å². The van der Waals surface area contributed by atoms with Crippen molar-refractivity contribution < 1.29 is 9.90 Å². The van der Waals surface area contributed by atoms with E-state index in [0.717, 1.165) is 11.1 Å². The number of aliphatic carboxylic acids is 1. The Hall–Kier alpha value is -1.57. The SMILES string of the molecule is C=C(CC(=O)O)Cc1ccccc1C. The minimum absolute atomic E-state index is 0.0499. The normalized spacial score (nSPS) is 9.79. The van der Waals surface area contributed by atoms with Crippen LogP contribution >= 0.6 is 0 Å². The third-order valence-corrected chi connectivity index (χ3v) is 2.10. The highest BCUT2D eigenvalue weighted by atomic mass is 16.4. The van der Waals surface area contributed by atoms with Crippen LogP contribution in [0.2, 0.25) is 0 Å². The van der Waals surface area contributed by atoms with Gasteiger partial charge in [0.05, 0.1) is 6.42 Å². The van der Waals surface area contributed by atoms with Gasteiger partial charge in [0.15, 0.2) is 0 Å². The van der Waals surface area contributed by atoms with Crippen molar-refractivity contribution >= 4 is 5.97 Å². The standard InChI is InChI=1S/C12H14O2/c1-9(8-12(13)14)7-11-6-4-3-5-10(11)2/h3-6H,1,7-8H2,2H3,(H,13,14). The molecule has 1 rings (SSSR count). The van der Waals surface area contributed by atoms with Gasteiger partial charge in [-0.15, -0.1) is 0 Å². The summed E-state index contributed by atoms with van der Waals surface area (Å²) in [5, 5.41) is 8.57. The summed E-state index contributed by atoms with van der Waals surface area (Å²) in [6, 6.07) is 7.95. The molecule has 0 heterocycles. The van der Waals surface area contributed by atoms with Crippen molar-refractivity contribution in [1.29, 1.82) is 0 Å². The molecule has 0 bridgehead atoms. The van der Waals surface area contributed by atoms with Crippen LogP contribution in [-0.4, -0.2) is 11.1 Å². The minimum Gasteiger partial charge on any atom is -0.481 e. The Morgan fingerprint density at radius 3 is 2.64 bits per heavy atom. The molecule has 0 aromatic heterocycles. The highest BCUT2D eigenvalue weighted by Crippen LogP contribution is 2.13. The van der Waals surface area contributed by atoms with Crippen molar-refractivity contribution in [1.82, 2.24) is 0 Å². The predicted octanol–water partition coefficient (Wildman–Crippen LogP) is 2.57. The number of rotatable bonds is 4. The second-order valence-corrected chi connectivity index (χ2v) is 3.42. The fraction of sp³-hybridized carbons (Fsp3) is 0.250. The lowest BCUT2D eigenvalue weighted by Gasteiger charge is -2.06. The molecule has 0 aliphatic carbocycles. The van der Waals surface area contributed by atoms with Crippen molar-refractivity contribution in [2.45, 2.75) is 19.8 Å². The summed E-state index contributed by atoms with van der Waals surface area (Å²) < 4.78 is 0. The zero-order chi connectivity index (χ0) is 10.6. The van der Waals surface area contributed by atoms with E-state index in [-0.39, 0.29) is 6.42 Å². The summed E-state index contributed by atoms with van der Waals surface area (Å²) in [5.41, 5.74) is 3.07. The molecular weight excluding hydrogens is 176 g/mol. The molecular formula is C12H14O2. The van der Waals surface area contributed by atoms with Gasteiger partial charge >= 0.3 is 5.97 Å². The highest BCUT2D eigenvalue weighted by Gasteiger charge is 2.04. The fourth-order valence-electron chi connectivity index (χ4n) is 1.35. The van der Waals surface area contributed by atoms with Gasteiger partial charge in [-0.2, -0.15) is 0 Å². The molecule has 0 atom stereocenters. The number of aryl methyl sites for hydroxylation is 1. The second-order valence-electron chi connectivity index (χ2n) is 3.42. The molecule has 0 saturated heterocycles. The number of carboxylic acids is 1. The van der Waals surface area contributed by atoms with E-state index in [1.807, 2.05) is 31.2 Å². The Kier molecular flexibility index (Phi) is 3.46. The van der Waals surface area contributed by atoms with Gasteiger partial charge in [-0.05, 0) is 24.5 Å². The number of benzene rings is 1. The van der Waals surface area contributed by atoms with Crippen molar-refractivity contribution in [3.8, 4) is 0 Å². The lowest BCUT2D eigenvalue weighted by molar-refractivity contribution is -0.136. The maximum absolute atomic E-state index is 10.4. The molecule has 0 aliphatic rings. The largest absolute Gasteiger partial charge is 0.481 e. The Labute approximate surface area is 83.9 Å². The predicted molar refractivity (Wildman–Crippen MR) is 56.3 cm³/mol. The fourth-order valence-corrected chi connectivity index (χ4v) is 1.35. The molecule has 14 heavy (non-hydrogen) atoms. The Morgan fingerprint density at radius 2 is 2.07 bits per heavy atom. The average Bonchev–Trinajstić information content (AvgIpc) is 2.07. The average molecular weight is 190 g/mol. The van der Waals surface area contributed by atoms with Crippen LogP contribution in [0.4, 0.5) is 0 Å². The molecule has 1 N–H and O–H groups in total. The summed E-state index contributed by atoms with van der Waals surface area (Å²) in [4.78, 5) is 10.4. The molecule has 74 valence electrons. The second kappa shape index (κ2) is 4.61. The van der Waals surface area contributed by atoms with Crippen molar-refractivity contribution in [3.63, 3.8) is 0 Å². The minimum atomic E-state index is -0.816. The van der Waals surface area contributed by atoms with Gasteiger partial charge < -0.3 is 5.11 Å². The van der Waals surface area contributed by atoms with Gasteiger partial charge in [0.25, 0.3) is 0 Å². The first-order valence-electron chi connectivity index (χ1n) is 4.52. The van der Waals surface area contributed by atoms with Gasteiger partial charge in [0.1, 0.15) is 0 Å². The van der Waals surface area contributed by atoms with E-state index in [1.165, 1.54) is 5.56 Å². The molecule has 1 aromatic rings. The summed E-state index contributed by atoms with van der Waals surface area (Å²) >= 11 is 0. The summed E-state index contributed by atoms with van der Waals surface area (Å²) in [6.45, 7) is 5.77. The number of carboxylic acid groups (broad SMARTS) is 1. The van der Waals surface area contributed by atoms with Gasteiger partial charge in [0.2, 0.25) is 0 Å². The molecule has 0 spiro atoms. The van der Waals surface area contributed by atoms with E-state index in [9.17, 15) is 4.79 Å². The van der Waals surface area contributed by atoms with E-state index in [4.69, 9.17) is 5.11 Å². The van der Waals surface area contributed by atoms with Gasteiger partial charge in [-0.1, -0.05) is 36.4 Å². The van der Waals surface area contributed by atoms with E-state index in [0.29, 0.717) is 6.42 Å². The molecule has 0 saturated carbocycles. The maximum Gasteiger partial charge on any atom is 0.307 e. The zero-order valence-electron chi connectivity index (χ0n) is 8.29. The quantitative estimate of drug-likeness (QED) is 0.741. The van der Waals surface area contributed by atoms with Gasteiger partial charge in [-0.25, -0.2) is 0 Å². The molecule has 0 unspecified atom stereocenters. The summed E-state index contributed by atoms with van der Waals surface area (Å²) in [7, 11) is 0. The van der Waals surface area contributed by atoms with Crippen LogP contribution in [0.25, 0.3) is 0 Å². The maximum atomic E-state index is 10.4. The van der Waals surface area contributed by atoms with Crippen LogP contribution in [0, 0.1) is 6.92 Å². The van der Waals surface area contributed by atoms with Gasteiger partial charge in [0, 0.05) is 0 Å². The molecule has 0 aliphatic heterocycles. The molecule has 2 nitrogen and oxygen atoms in total. The first kappa shape index (κ1) is 10.5. The molecule has 2 heteroatoms. The molecule has 0 amide bonds. The van der Waals surface area contributed by atoms with Crippen molar-refractivity contribution in [3.05, 3.63) is 47.5 Å². The van der Waals surface area contributed by atoms with Crippen LogP contribution in [0.1, 0.15) is 17.5 Å². The first-order valence-corrected chi connectivity index (χ1v) is 4.52.